The van der Waals surface area contributed by atoms with Gasteiger partial charge in [0.15, 0.2) is 5.78 Å². The van der Waals surface area contributed by atoms with Crippen LogP contribution in [0.3, 0.4) is 0 Å². The lowest BCUT2D eigenvalue weighted by molar-refractivity contribution is -0.132. The average molecular weight is 396 g/mol. The number of benzene rings is 1. The highest BCUT2D eigenvalue weighted by Crippen LogP contribution is 2.18. The molecule has 2 amide bonds. The molecule has 1 N–H and O–H groups in total. The zero-order chi connectivity index (χ0) is 20.8. The molecule has 7 heteroatoms. The number of hydrogen-bond donors (Lipinski definition) is 1. The first-order chi connectivity index (χ1) is 13.9. The Balaban J connectivity index is 1.37. The number of nitrogens with one attached hydrogen (secondary N) is 1. The highest BCUT2D eigenvalue weighted by atomic mass is 16.2. The minimum Gasteiger partial charge on any atom is -0.352 e. The van der Waals surface area contributed by atoms with Gasteiger partial charge in [-0.05, 0) is 25.7 Å². The molecule has 1 saturated heterocycles. The first-order valence-corrected chi connectivity index (χ1v) is 10.1. The first-order valence-electron chi connectivity index (χ1n) is 10.1. The van der Waals surface area contributed by atoms with Crippen LogP contribution in [0.4, 0.5) is 0 Å². The molecule has 2 heterocycles. The minimum atomic E-state index is -0.119. The molecule has 0 atom stereocenters. The third-order valence-electron chi connectivity index (χ3n) is 5.43. The summed E-state index contributed by atoms with van der Waals surface area (Å²) in [6, 6.07) is 7.45. The summed E-state index contributed by atoms with van der Waals surface area (Å²) in [6.45, 7) is 3.92. The van der Waals surface area contributed by atoms with Crippen molar-refractivity contribution in [2.45, 2.75) is 32.6 Å². The van der Waals surface area contributed by atoms with Crippen molar-refractivity contribution in [3.63, 3.8) is 0 Å². The third-order valence-corrected chi connectivity index (χ3v) is 5.43. The van der Waals surface area contributed by atoms with Crippen LogP contribution < -0.4 is 5.32 Å². The molecule has 1 aromatic heterocycles. The monoisotopic (exact) mass is 396 g/mol. The molecule has 0 radical (unpaired) electrons. The van der Waals surface area contributed by atoms with E-state index in [-0.39, 0.29) is 30.4 Å². The van der Waals surface area contributed by atoms with Crippen molar-refractivity contribution in [3.8, 4) is 0 Å². The molecular formula is C22H28N4O3. The lowest BCUT2D eigenvalue weighted by Crippen LogP contribution is -2.41. The number of rotatable bonds is 7. The van der Waals surface area contributed by atoms with Crippen molar-refractivity contribution in [1.82, 2.24) is 20.0 Å². The predicted octanol–water partition coefficient (Wildman–Crippen LogP) is 2.36. The summed E-state index contributed by atoms with van der Waals surface area (Å²) in [5.74, 6) is 0.273. The summed E-state index contributed by atoms with van der Waals surface area (Å²) in [6.07, 6.45) is 5.43. The topological polar surface area (TPSA) is 84.3 Å². The summed E-state index contributed by atoms with van der Waals surface area (Å²) in [5.41, 5.74) is 2.32. The molecule has 0 saturated carbocycles. The van der Waals surface area contributed by atoms with E-state index in [1.54, 1.807) is 24.1 Å². The smallest absolute Gasteiger partial charge is 0.254 e. The molecule has 0 aliphatic carbocycles. The fourth-order valence-electron chi connectivity index (χ4n) is 3.53. The Bertz CT molecular complexity index is 864. The molecule has 0 unspecified atom stereocenters. The Hall–Kier alpha value is -2.96. The van der Waals surface area contributed by atoms with E-state index in [1.165, 1.54) is 0 Å². The zero-order valence-electron chi connectivity index (χ0n) is 17.1. The number of aryl methyl sites for hydroxylation is 2. The van der Waals surface area contributed by atoms with Gasteiger partial charge in [-0.1, -0.05) is 29.8 Å². The van der Waals surface area contributed by atoms with Crippen LogP contribution in [0.5, 0.6) is 0 Å². The molecule has 1 fully saturated rings. The average Bonchev–Trinajstić information content (AvgIpc) is 3.17. The minimum absolute atomic E-state index is 0.00588. The van der Waals surface area contributed by atoms with Crippen LogP contribution >= 0.6 is 0 Å². The lowest BCUT2D eigenvalue weighted by Gasteiger charge is -2.32. The largest absolute Gasteiger partial charge is 0.352 e. The van der Waals surface area contributed by atoms with E-state index >= 15 is 0 Å². The quantitative estimate of drug-likeness (QED) is 0.728. The number of carbonyl (C=O) groups is 3. The Morgan fingerprint density at radius 2 is 1.76 bits per heavy atom. The molecule has 2 aromatic rings. The van der Waals surface area contributed by atoms with Crippen molar-refractivity contribution in [3.05, 3.63) is 53.3 Å². The van der Waals surface area contributed by atoms with Gasteiger partial charge in [-0.2, -0.15) is 5.10 Å². The van der Waals surface area contributed by atoms with Crippen LogP contribution in [0.25, 0.3) is 0 Å². The van der Waals surface area contributed by atoms with Crippen molar-refractivity contribution in [2.75, 3.05) is 19.6 Å². The Morgan fingerprint density at radius 1 is 1.07 bits per heavy atom. The number of nitrogens with zero attached hydrogens (tertiary/aromatic N) is 3. The summed E-state index contributed by atoms with van der Waals surface area (Å²) in [4.78, 5) is 38.6. The SMILES string of the molecule is Cc1ccc(C(=O)CCC(=O)N2CCC(CNC(=O)c3cnn(C)c3)CC2)cc1. The van der Waals surface area contributed by atoms with Crippen LogP contribution in [-0.2, 0) is 11.8 Å². The second-order valence-electron chi connectivity index (χ2n) is 7.73. The fraction of sp³-hybridized carbons (Fsp3) is 0.455. The second-order valence-corrected chi connectivity index (χ2v) is 7.73. The van der Waals surface area contributed by atoms with Crippen LogP contribution in [0, 0.1) is 12.8 Å². The molecule has 1 aromatic carbocycles. The van der Waals surface area contributed by atoms with Crippen molar-refractivity contribution in [1.29, 1.82) is 0 Å². The molecule has 1 aliphatic rings. The molecule has 3 rings (SSSR count). The van der Waals surface area contributed by atoms with Gasteiger partial charge in [-0.15, -0.1) is 0 Å². The second kappa shape index (κ2) is 9.49. The van der Waals surface area contributed by atoms with Gasteiger partial charge >= 0.3 is 0 Å². The van der Waals surface area contributed by atoms with Gasteiger partial charge in [0.25, 0.3) is 5.91 Å². The standard InChI is InChI=1S/C22H28N4O3/c1-16-3-5-18(6-4-16)20(27)7-8-21(28)26-11-9-17(10-12-26)13-23-22(29)19-14-24-25(2)15-19/h3-6,14-15,17H,7-13H2,1-2H3,(H,23,29). The fourth-order valence-corrected chi connectivity index (χ4v) is 3.53. The first kappa shape index (κ1) is 20.8. The number of amides is 2. The van der Waals surface area contributed by atoms with Crippen molar-refractivity contribution >= 4 is 17.6 Å². The van der Waals surface area contributed by atoms with E-state index in [0.717, 1.165) is 18.4 Å². The van der Waals surface area contributed by atoms with Crippen LogP contribution in [0.15, 0.2) is 36.7 Å². The molecule has 0 spiro atoms. The number of hydrogen-bond acceptors (Lipinski definition) is 4. The molecule has 0 bridgehead atoms. The normalized spacial score (nSPS) is 14.6. The highest BCUT2D eigenvalue weighted by molar-refractivity contribution is 5.98. The van der Waals surface area contributed by atoms with E-state index in [4.69, 9.17) is 0 Å². The summed E-state index contributed by atoms with van der Waals surface area (Å²) < 4.78 is 1.60. The zero-order valence-corrected chi connectivity index (χ0v) is 17.1. The lowest BCUT2D eigenvalue weighted by atomic mass is 9.96. The van der Waals surface area contributed by atoms with Gasteiger partial charge < -0.3 is 10.2 Å². The van der Waals surface area contributed by atoms with Gasteiger partial charge in [-0.3, -0.25) is 19.1 Å². The number of aromatic nitrogens is 2. The maximum atomic E-state index is 12.4. The maximum absolute atomic E-state index is 12.4. The van der Waals surface area contributed by atoms with Crippen molar-refractivity contribution < 1.29 is 14.4 Å². The highest BCUT2D eigenvalue weighted by Gasteiger charge is 2.23. The van der Waals surface area contributed by atoms with Gasteiger partial charge in [0.05, 0.1) is 11.8 Å². The third kappa shape index (κ3) is 5.76. The Morgan fingerprint density at radius 3 is 2.38 bits per heavy atom. The number of carbonyl (C=O) groups excluding carboxylic acids is 3. The molecule has 154 valence electrons. The van der Waals surface area contributed by atoms with E-state index in [9.17, 15) is 14.4 Å². The summed E-state index contributed by atoms with van der Waals surface area (Å²) in [7, 11) is 1.78. The summed E-state index contributed by atoms with van der Waals surface area (Å²) >= 11 is 0. The molecule has 29 heavy (non-hydrogen) atoms. The van der Waals surface area contributed by atoms with Crippen LogP contribution in [-0.4, -0.2) is 51.9 Å². The number of piperidine rings is 1. The van der Waals surface area contributed by atoms with Crippen LogP contribution in [0.2, 0.25) is 0 Å². The van der Waals surface area contributed by atoms with Crippen LogP contribution in [0.1, 0.15) is 52.0 Å². The van der Waals surface area contributed by atoms with Gasteiger partial charge in [0.2, 0.25) is 5.91 Å². The van der Waals surface area contributed by atoms with E-state index in [1.807, 2.05) is 36.1 Å². The van der Waals surface area contributed by atoms with Gasteiger partial charge in [0, 0.05) is 51.3 Å². The molecule has 7 nitrogen and oxygen atoms in total. The van der Waals surface area contributed by atoms with Gasteiger partial charge in [-0.25, -0.2) is 0 Å². The Labute approximate surface area is 171 Å². The van der Waals surface area contributed by atoms with E-state index < -0.39 is 0 Å². The number of likely N-dealkylation sites (tertiary alicyclic amines) is 1. The Kier molecular flexibility index (Phi) is 6.80. The number of Topliss-reactive ketones (excluding diaryl/α,β-unsaturated/α-hetero) is 1. The van der Waals surface area contributed by atoms with Gasteiger partial charge in [0.1, 0.15) is 0 Å². The molecule has 1 aliphatic heterocycles. The maximum Gasteiger partial charge on any atom is 0.254 e. The summed E-state index contributed by atoms with van der Waals surface area (Å²) in [5, 5.41) is 6.95. The molecular weight excluding hydrogens is 368 g/mol. The van der Waals surface area contributed by atoms with E-state index in [0.29, 0.717) is 36.7 Å². The predicted molar refractivity (Wildman–Crippen MR) is 110 cm³/mol. The van der Waals surface area contributed by atoms with E-state index in [2.05, 4.69) is 10.4 Å². The number of ketones is 1. The van der Waals surface area contributed by atoms with Crippen molar-refractivity contribution in [2.24, 2.45) is 13.0 Å².